The number of rotatable bonds is 3. The lowest BCUT2D eigenvalue weighted by Gasteiger charge is -2.35. The summed E-state index contributed by atoms with van der Waals surface area (Å²) in [6.07, 6.45) is 8.10. The van der Waals surface area contributed by atoms with Crippen molar-refractivity contribution < 1.29 is 0 Å². The number of nitrogens with zero attached hydrogens (tertiary/aromatic N) is 3. The van der Waals surface area contributed by atoms with Crippen LogP contribution in [0.15, 0.2) is 6.20 Å². The average molecular weight is 192 g/mol. The molecule has 3 rings (SSSR count). The van der Waals surface area contributed by atoms with Crippen molar-refractivity contribution >= 4 is 0 Å². The minimum Gasteiger partial charge on any atom is -0.320 e. The van der Waals surface area contributed by atoms with Gasteiger partial charge in [-0.3, -0.25) is 4.68 Å². The van der Waals surface area contributed by atoms with E-state index in [1.54, 1.807) is 0 Å². The average Bonchev–Trinajstić information content (AvgIpc) is 2.78. The Bertz CT molecular complexity index is 336. The van der Waals surface area contributed by atoms with Crippen molar-refractivity contribution in [2.24, 2.45) is 11.7 Å². The Balaban J connectivity index is 1.75. The van der Waals surface area contributed by atoms with Gasteiger partial charge in [0, 0.05) is 6.54 Å². The lowest BCUT2D eigenvalue weighted by atomic mass is 9.76. The second-order valence-corrected chi connectivity index (χ2v) is 4.78. The summed E-state index contributed by atoms with van der Waals surface area (Å²) in [6.45, 7) is 1.03. The molecular weight excluding hydrogens is 176 g/mol. The van der Waals surface area contributed by atoms with E-state index in [4.69, 9.17) is 5.73 Å². The van der Waals surface area contributed by atoms with Crippen LogP contribution in [0, 0.1) is 5.92 Å². The molecule has 0 aromatic carbocycles. The van der Waals surface area contributed by atoms with Crippen molar-refractivity contribution in [1.29, 1.82) is 0 Å². The summed E-state index contributed by atoms with van der Waals surface area (Å²) in [5.74, 6) is 0.847. The first-order valence-corrected chi connectivity index (χ1v) is 5.46. The maximum Gasteiger partial charge on any atom is 0.102 e. The Morgan fingerprint density at radius 1 is 1.50 bits per heavy atom. The van der Waals surface area contributed by atoms with Gasteiger partial charge in [-0.05, 0) is 38.0 Å². The van der Waals surface area contributed by atoms with Crippen molar-refractivity contribution in [2.75, 3.05) is 0 Å². The number of hydrogen-bond donors (Lipinski definition) is 1. The molecule has 0 atom stereocenters. The van der Waals surface area contributed by atoms with E-state index in [2.05, 4.69) is 10.3 Å². The molecule has 1 aromatic heterocycles. The predicted molar refractivity (Wildman–Crippen MR) is 52.5 cm³/mol. The molecular formula is C10H16N4. The maximum atomic E-state index is 6.17. The first kappa shape index (κ1) is 8.41. The van der Waals surface area contributed by atoms with Gasteiger partial charge in [0.05, 0.1) is 11.7 Å². The second kappa shape index (κ2) is 2.79. The van der Waals surface area contributed by atoms with Crippen LogP contribution in [0.2, 0.25) is 0 Å². The van der Waals surface area contributed by atoms with Crippen molar-refractivity contribution in [3.63, 3.8) is 0 Å². The Kier molecular flexibility index (Phi) is 1.68. The van der Waals surface area contributed by atoms with Crippen molar-refractivity contribution in [3.05, 3.63) is 11.9 Å². The minimum absolute atomic E-state index is 0.151. The van der Waals surface area contributed by atoms with Crippen LogP contribution in [0.25, 0.3) is 0 Å². The van der Waals surface area contributed by atoms with E-state index in [-0.39, 0.29) is 5.54 Å². The van der Waals surface area contributed by atoms with Crippen LogP contribution >= 0.6 is 0 Å². The standard InChI is InChI=1S/C10H16N4/c11-10(4-1-5-10)9-7-14(13-12-9)6-8-2-3-8/h7-8H,1-6,11H2. The van der Waals surface area contributed by atoms with Crippen LogP contribution in [-0.2, 0) is 12.1 Å². The number of nitrogens with two attached hydrogens (primary N) is 1. The zero-order chi connectivity index (χ0) is 9.60. The smallest absolute Gasteiger partial charge is 0.102 e. The van der Waals surface area contributed by atoms with Gasteiger partial charge in [0.2, 0.25) is 0 Å². The molecule has 0 saturated heterocycles. The summed E-state index contributed by atoms with van der Waals surface area (Å²) >= 11 is 0. The second-order valence-electron chi connectivity index (χ2n) is 4.78. The van der Waals surface area contributed by atoms with Crippen molar-refractivity contribution in [2.45, 2.75) is 44.2 Å². The highest BCUT2D eigenvalue weighted by atomic mass is 15.4. The van der Waals surface area contributed by atoms with Crippen LogP contribution in [0.3, 0.4) is 0 Å². The molecule has 2 N–H and O–H groups in total. The topological polar surface area (TPSA) is 56.7 Å². The summed E-state index contributed by atoms with van der Waals surface area (Å²) in [6, 6.07) is 0. The zero-order valence-electron chi connectivity index (χ0n) is 8.32. The van der Waals surface area contributed by atoms with Crippen LogP contribution in [0.5, 0.6) is 0 Å². The van der Waals surface area contributed by atoms with Gasteiger partial charge < -0.3 is 5.73 Å². The molecule has 2 fully saturated rings. The lowest BCUT2D eigenvalue weighted by molar-refractivity contribution is 0.246. The van der Waals surface area contributed by atoms with E-state index in [9.17, 15) is 0 Å². The van der Waals surface area contributed by atoms with E-state index in [0.29, 0.717) is 0 Å². The predicted octanol–water partition coefficient (Wildman–Crippen LogP) is 1.03. The van der Waals surface area contributed by atoms with Crippen LogP contribution in [0.1, 0.15) is 37.8 Å². The van der Waals surface area contributed by atoms with Gasteiger partial charge >= 0.3 is 0 Å². The number of hydrogen-bond acceptors (Lipinski definition) is 3. The zero-order valence-corrected chi connectivity index (χ0v) is 8.32. The Morgan fingerprint density at radius 2 is 2.29 bits per heavy atom. The molecule has 2 aliphatic rings. The highest BCUT2D eigenvalue weighted by Crippen LogP contribution is 2.37. The Morgan fingerprint density at radius 3 is 2.86 bits per heavy atom. The van der Waals surface area contributed by atoms with Gasteiger partial charge in [-0.15, -0.1) is 5.10 Å². The third kappa shape index (κ3) is 1.34. The molecule has 4 heteroatoms. The fourth-order valence-electron chi connectivity index (χ4n) is 1.99. The molecule has 1 heterocycles. The summed E-state index contributed by atoms with van der Waals surface area (Å²) in [4.78, 5) is 0. The van der Waals surface area contributed by atoms with E-state index < -0.39 is 0 Å². The van der Waals surface area contributed by atoms with Crippen molar-refractivity contribution in [3.8, 4) is 0 Å². The molecule has 14 heavy (non-hydrogen) atoms. The monoisotopic (exact) mass is 192 g/mol. The summed E-state index contributed by atoms with van der Waals surface area (Å²) in [5.41, 5.74) is 7.01. The first-order chi connectivity index (χ1) is 6.76. The van der Waals surface area contributed by atoms with Gasteiger partial charge in [-0.25, -0.2) is 0 Å². The molecule has 0 amide bonds. The van der Waals surface area contributed by atoms with Gasteiger partial charge in [-0.2, -0.15) is 0 Å². The molecule has 0 bridgehead atoms. The summed E-state index contributed by atoms with van der Waals surface area (Å²) < 4.78 is 1.96. The van der Waals surface area contributed by atoms with Gasteiger partial charge in [0.15, 0.2) is 0 Å². The fourth-order valence-corrected chi connectivity index (χ4v) is 1.99. The molecule has 4 nitrogen and oxygen atoms in total. The van der Waals surface area contributed by atoms with E-state index in [0.717, 1.165) is 31.0 Å². The molecule has 76 valence electrons. The van der Waals surface area contributed by atoms with Crippen LogP contribution in [0.4, 0.5) is 0 Å². The normalized spacial score (nSPS) is 24.6. The minimum atomic E-state index is -0.151. The maximum absolute atomic E-state index is 6.17. The highest BCUT2D eigenvalue weighted by molar-refractivity contribution is 5.13. The molecule has 2 aliphatic carbocycles. The SMILES string of the molecule is NC1(c2cn(CC3CC3)nn2)CCC1. The highest BCUT2D eigenvalue weighted by Gasteiger charge is 2.37. The van der Waals surface area contributed by atoms with Gasteiger partial charge in [0.25, 0.3) is 0 Å². The Labute approximate surface area is 83.5 Å². The van der Waals surface area contributed by atoms with Crippen molar-refractivity contribution in [1.82, 2.24) is 15.0 Å². The largest absolute Gasteiger partial charge is 0.320 e. The molecule has 0 spiro atoms. The van der Waals surface area contributed by atoms with Gasteiger partial charge in [-0.1, -0.05) is 5.21 Å². The molecule has 0 aliphatic heterocycles. The lowest BCUT2D eigenvalue weighted by Crippen LogP contribution is -2.43. The third-order valence-electron chi connectivity index (χ3n) is 3.44. The van der Waals surface area contributed by atoms with Crippen LogP contribution < -0.4 is 5.73 Å². The molecule has 2 saturated carbocycles. The molecule has 0 radical (unpaired) electrons. The van der Waals surface area contributed by atoms with E-state index in [1.165, 1.54) is 19.3 Å². The summed E-state index contributed by atoms with van der Waals surface area (Å²) in [7, 11) is 0. The first-order valence-electron chi connectivity index (χ1n) is 5.46. The Hall–Kier alpha value is -0.900. The van der Waals surface area contributed by atoms with E-state index in [1.807, 2.05) is 10.9 Å². The summed E-state index contributed by atoms with van der Waals surface area (Å²) in [5, 5.41) is 8.31. The third-order valence-corrected chi connectivity index (χ3v) is 3.44. The fraction of sp³-hybridized carbons (Fsp3) is 0.800. The van der Waals surface area contributed by atoms with Gasteiger partial charge in [0.1, 0.15) is 5.69 Å². The molecule has 0 unspecified atom stereocenters. The quantitative estimate of drug-likeness (QED) is 0.778. The van der Waals surface area contributed by atoms with Crippen LogP contribution in [-0.4, -0.2) is 15.0 Å². The van der Waals surface area contributed by atoms with E-state index >= 15 is 0 Å². The number of aromatic nitrogens is 3. The molecule has 1 aromatic rings.